The van der Waals surface area contributed by atoms with Gasteiger partial charge in [0, 0.05) is 12.3 Å². The van der Waals surface area contributed by atoms with Gasteiger partial charge in [-0.15, -0.1) is 0 Å². The molecule has 0 aromatic rings. The summed E-state index contributed by atoms with van der Waals surface area (Å²) in [4.78, 5) is 4.71. The van der Waals surface area contributed by atoms with Crippen molar-refractivity contribution in [3.8, 4) is 0 Å². The molecule has 0 spiro atoms. The highest BCUT2D eigenvalue weighted by atomic mass is 14.8. The number of rotatable bonds is 7. The van der Waals surface area contributed by atoms with Crippen molar-refractivity contribution in [2.24, 2.45) is 22.7 Å². The largest absolute Gasteiger partial charge is 0.290 e. The topological polar surface area (TPSA) is 12.4 Å². The molecule has 0 aromatic heterocycles. The van der Waals surface area contributed by atoms with Gasteiger partial charge in [-0.1, -0.05) is 52.5 Å². The van der Waals surface area contributed by atoms with Crippen LogP contribution in [0, 0.1) is 17.8 Å². The third-order valence-electron chi connectivity index (χ3n) is 4.77. The van der Waals surface area contributed by atoms with E-state index in [0.717, 1.165) is 24.2 Å². The highest BCUT2D eigenvalue weighted by Gasteiger charge is 2.28. The molecule has 0 radical (unpaired) electrons. The van der Waals surface area contributed by atoms with Gasteiger partial charge in [-0.25, -0.2) is 0 Å². The Morgan fingerprint density at radius 1 is 1.16 bits per heavy atom. The minimum absolute atomic E-state index is 0.498. The summed E-state index contributed by atoms with van der Waals surface area (Å²) in [7, 11) is 0. The first kappa shape index (κ1) is 16.5. The van der Waals surface area contributed by atoms with Crippen LogP contribution in [0.15, 0.2) is 17.1 Å². The van der Waals surface area contributed by atoms with Crippen molar-refractivity contribution < 1.29 is 0 Å². The van der Waals surface area contributed by atoms with E-state index in [0.29, 0.717) is 6.04 Å². The average Bonchev–Trinajstić information content (AvgIpc) is 2.44. The van der Waals surface area contributed by atoms with E-state index in [9.17, 15) is 0 Å². The van der Waals surface area contributed by atoms with Crippen LogP contribution in [0.4, 0.5) is 0 Å². The molecule has 1 aliphatic rings. The predicted octanol–water partition coefficient (Wildman–Crippen LogP) is 5.65. The van der Waals surface area contributed by atoms with Crippen LogP contribution < -0.4 is 0 Å². The zero-order valence-corrected chi connectivity index (χ0v) is 13.4. The summed E-state index contributed by atoms with van der Waals surface area (Å²) in [5.41, 5.74) is 0. The lowest BCUT2D eigenvalue weighted by Crippen LogP contribution is -2.27. The number of allylic oxidation sites excluding steroid dienone is 2. The summed E-state index contributed by atoms with van der Waals surface area (Å²) in [5.74, 6) is 2.66. The van der Waals surface area contributed by atoms with E-state index in [1.54, 1.807) is 0 Å². The Hall–Kier alpha value is -0.590. The first-order valence-corrected chi connectivity index (χ1v) is 8.37. The SMILES string of the molecule is CC/C=C\C=NC(C)C1CCCC(C(C)CCC)C1. The van der Waals surface area contributed by atoms with Crippen LogP contribution in [0.3, 0.4) is 0 Å². The molecule has 0 aliphatic heterocycles. The molecule has 1 nitrogen and oxygen atoms in total. The smallest absolute Gasteiger partial charge is 0.0499 e. The van der Waals surface area contributed by atoms with Gasteiger partial charge in [0.15, 0.2) is 0 Å². The molecular formula is C18H33N. The standard InChI is InChI=1S/C18H33N/c1-5-7-8-13-19-16(4)18-12-9-11-17(14-18)15(3)10-6-2/h7-8,13,15-18H,5-6,9-12,14H2,1-4H3/b8-7-,19-13?. The van der Waals surface area contributed by atoms with E-state index in [1.165, 1.54) is 38.5 Å². The Labute approximate surface area is 120 Å². The van der Waals surface area contributed by atoms with E-state index in [4.69, 9.17) is 4.99 Å². The van der Waals surface area contributed by atoms with Crippen LogP contribution in [-0.2, 0) is 0 Å². The number of nitrogens with zero attached hydrogens (tertiary/aromatic N) is 1. The first-order valence-electron chi connectivity index (χ1n) is 8.37. The maximum absolute atomic E-state index is 4.71. The van der Waals surface area contributed by atoms with E-state index in [1.807, 2.05) is 6.21 Å². The third kappa shape index (κ3) is 5.93. The molecule has 4 atom stereocenters. The summed E-state index contributed by atoms with van der Waals surface area (Å²) < 4.78 is 0. The van der Waals surface area contributed by atoms with Crippen molar-refractivity contribution >= 4 is 6.21 Å². The maximum atomic E-state index is 4.71. The molecular weight excluding hydrogens is 230 g/mol. The van der Waals surface area contributed by atoms with E-state index >= 15 is 0 Å². The van der Waals surface area contributed by atoms with Crippen molar-refractivity contribution in [1.82, 2.24) is 0 Å². The zero-order chi connectivity index (χ0) is 14.1. The van der Waals surface area contributed by atoms with Crippen LogP contribution in [0.25, 0.3) is 0 Å². The Balaban J connectivity index is 2.44. The average molecular weight is 263 g/mol. The van der Waals surface area contributed by atoms with Gasteiger partial charge in [-0.2, -0.15) is 0 Å². The lowest BCUT2D eigenvalue weighted by molar-refractivity contribution is 0.182. The number of hydrogen-bond donors (Lipinski definition) is 0. The molecule has 1 heteroatoms. The van der Waals surface area contributed by atoms with Crippen molar-refractivity contribution in [1.29, 1.82) is 0 Å². The first-order chi connectivity index (χ1) is 9.19. The number of aliphatic imine (C=N–C) groups is 1. The second-order valence-corrected chi connectivity index (χ2v) is 6.33. The molecule has 1 saturated carbocycles. The molecule has 0 aromatic carbocycles. The molecule has 19 heavy (non-hydrogen) atoms. The third-order valence-corrected chi connectivity index (χ3v) is 4.77. The van der Waals surface area contributed by atoms with Crippen LogP contribution in [0.5, 0.6) is 0 Å². The van der Waals surface area contributed by atoms with E-state index in [-0.39, 0.29) is 0 Å². The van der Waals surface area contributed by atoms with Gasteiger partial charge < -0.3 is 0 Å². The monoisotopic (exact) mass is 263 g/mol. The van der Waals surface area contributed by atoms with Crippen molar-refractivity contribution in [2.45, 2.75) is 78.7 Å². The van der Waals surface area contributed by atoms with Gasteiger partial charge in [-0.05, 0) is 50.0 Å². The Bertz CT molecular complexity index is 279. The van der Waals surface area contributed by atoms with Gasteiger partial charge in [0.25, 0.3) is 0 Å². The zero-order valence-electron chi connectivity index (χ0n) is 13.4. The maximum Gasteiger partial charge on any atom is 0.0499 e. The minimum Gasteiger partial charge on any atom is -0.290 e. The molecule has 0 bridgehead atoms. The fraction of sp³-hybridized carbons (Fsp3) is 0.833. The Kier molecular flexibility index (Phi) is 8.09. The van der Waals surface area contributed by atoms with Crippen molar-refractivity contribution in [3.05, 3.63) is 12.2 Å². The summed E-state index contributed by atoms with van der Waals surface area (Å²) in [6.45, 7) is 9.22. The van der Waals surface area contributed by atoms with Crippen LogP contribution in [0.1, 0.15) is 72.6 Å². The Morgan fingerprint density at radius 2 is 1.89 bits per heavy atom. The minimum atomic E-state index is 0.498. The lowest BCUT2D eigenvalue weighted by atomic mass is 9.72. The predicted molar refractivity (Wildman–Crippen MR) is 86.9 cm³/mol. The number of hydrogen-bond acceptors (Lipinski definition) is 1. The molecule has 110 valence electrons. The Morgan fingerprint density at radius 3 is 2.58 bits per heavy atom. The molecule has 0 amide bonds. The fourth-order valence-corrected chi connectivity index (χ4v) is 3.42. The highest BCUT2D eigenvalue weighted by Crippen LogP contribution is 2.37. The molecule has 1 fully saturated rings. The van der Waals surface area contributed by atoms with Crippen LogP contribution in [0.2, 0.25) is 0 Å². The fourth-order valence-electron chi connectivity index (χ4n) is 3.42. The van der Waals surface area contributed by atoms with Crippen LogP contribution >= 0.6 is 0 Å². The van der Waals surface area contributed by atoms with Crippen molar-refractivity contribution in [3.63, 3.8) is 0 Å². The van der Waals surface area contributed by atoms with E-state index < -0.39 is 0 Å². The summed E-state index contributed by atoms with van der Waals surface area (Å²) >= 11 is 0. The molecule has 0 saturated heterocycles. The normalized spacial score (nSPS) is 28.0. The van der Waals surface area contributed by atoms with E-state index in [2.05, 4.69) is 39.8 Å². The highest BCUT2D eigenvalue weighted by molar-refractivity contribution is 5.71. The lowest BCUT2D eigenvalue weighted by Gasteiger charge is -2.34. The summed E-state index contributed by atoms with van der Waals surface area (Å²) in [6.07, 6.45) is 15.7. The van der Waals surface area contributed by atoms with Gasteiger partial charge in [0.1, 0.15) is 0 Å². The second-order valence-electron chi connectivity index (χ2n) is 6.33. The summed E-state index contributed by atoms with van der Waals surface area (Å²) in [5, 5.41) is 0. The molecule has 0 N–H and O–H groups in total. The van der Waals surface area contributed by atoms with Gasteiger partial charge in [0.2, 0.25) is 0 Å². The van der Waals surface area contributed by atoms with Gasteiger partial charge >= 0.3 is 0 Å². The molecule has 1 aliphatic carbocycles. The summed E-state index contributed by atoms with van der Waals surface area (Å²) in [6, 6.07) is 0.498. The van der Waals surface area contributed by atoms with Gasteiger partial charge in [0.05, 0.1) is 0 Å². The molecule has 0 heterocycles. The van der Waals surface area contributed by atoms with Crippen molar-refractivity contribution in [2.75, 3.05) is 0 Å². The van der Waals surface area contributed by atoms with Gasteiger partial charge in [-0.3, -0.25) is 4.99 Å². The quantitative estimate of drug-likeness (QED) is 0.526. The second kappa shape index (κ2) is 9.34. The molecule has 1 rings (SSSR count). The molecule has 4 unspecified atom stereocenters. The van der Waals surface area contributed by atoms with Crippen LogP contribution in [-0.4, -0.2) is 12.3 Å².